The minimum Gasteiger partial charge on any atom is 0 e. The average Bonchev–Trinajstić information content (AvgIpc) is 2.58. The molecule has 2 radical (unpaired) electrons. The van der Waals surface area contributed by atoms with E-state index in [2.05, 4.69) is 10.6 Å². The third-order valence-electron chi connectivity index (χ3n) is 3.13. The third kappa shape index (κ3) is 11.4. The smallest absolute Gasteiger partial charge is 0 e. The van der Waals surface area contributed by atoms with Gasteiger partial charge in [-0.25, -0.2) is 0 Å². The van der Waals surface area contributed by atoms with Crippen molar-refractivity contribution in [3.63, 3.8) is 0 Å². The molecule has 0 aromatic heterocycles. The van der Waals surface area contributed by atoms with Gasteiger partial charge in [-0.3, -0.25) is 0 Å². The van der Waals surface area contributed by atoms with E-state index >= 15 is 0 Å². The fraction of sp³-hybridized carbons (Fsp3) is 0.143. The molecular weight excluding hydrogens is 584 g/mol. The standard InChI is InChI=1S/C14H16As2N2O8S2.2Na/c19-13-3-1-9(5-11(13)17-7-27(21,22)23)15-16-10-2-4-14(20)12(6-10)18-8-28(24,25)26;;/h1-6,17-20H,7-8H2,(H,21,22,23)(H,24,25,26);;. The Labute approximate surface area is 229 Å². The van der Waals surface area contributed by atoms with Crippen LogP contribution in [0.3, 0.4) is 0 Å². The molecule has 10 nitrogen and oxygen atoms in total. The zero-order chi connectivity index (χ0) is 20.9. The molecule has 0 fully saturated rings. The first-order valence-electron chi connectivity index (χ1n) is 7.39. The summed E-state index contributed by atoms with van der Waals surface area (Å²) < 4.78 is 62.7. The van der Waals surface area contributed by atoms with E-state index in [0.717, 1.165) is 8.70 Å². The van der Waals surface area contributed by atoms with Crippen LogP contribution >= 0.6 is 0 Å². The van der Waals surface area contributed by atoms with Crippen molar-refractivity contribution in [2.75, 3.05) is 22.4 Å². The molecule has 0 aliphatic rings. The van der Waals surface area contributed by atoms with Gasteiger partial charge in [-0.2, -0.15) is 0 Å². The number of rotatable bonds is 8. The minimum atomic E-state index is -4.23. The Morgan fingerprint density at radius 3 is 1.33 bits per heavy atom. The van der Waals surface area contributed by atoms with Crippen molar-refractivity contribution < 1.29 is 36.2 Å². The van der Waals surface area contributed by atoms with E-state index in [1.165, 1.54) is 12.1 Å². The molecule has 6 N–H and O–H groups in total. The molecule has 154 valence electrons. The van der Waals surface area contributed by atoms with Crippen molar-refractivity contribution >= 4 is 126 Å². The molecule has 0 heterocycles. The van der Waals surface area contributed by atoms with Crippen LogP contribution in [0.2, 0.25) is 0 Å². The van der Waals surface area contributed by atoms with Crippen molar-refractivity contribution in [2.24, 2.45) is 0 Å². The summed E-state index contributed by atoms with van der Waals surface area (Å²) in [5, 5.41) is 24.5. The summed E-state index contributed by atoms with van der Waals surface area (Å²) >= 11 is -0.720. The molecule has 0 aliphatic heterocycles. The fourth-order valence-corrected chi connectivity index (χ4v) is 9.68. The summed E-state index contributed by atoms with van der Waals surface area (Å²) in [6.45, 7) is 0. The van der Waals surface area contributed by atoms with E-state index < -0.39 is 32.0 Å². The molecule has 16 heteroatoms. The minimum absolute atomic E-state index is 0. The van der Waals surface area contributed by atoms with E-state index in [1.807, 2.05) is 0 Å². The molecule has 2 rings (SSSR count). The Balaban J connectivity index is 0.00000420. The number of aromatic hydroxyl groups is 2. The summed E-state index contributed by atoms with van der Waals surface area (Å²) in [6, 6.07) is 9.48. The van der Waals surface area contributed by atoms with Gasteiger partial charge in [0.25, 0.3) is 0 Å². The Bertz CT molecular complexity index is 1030. The second-order valence-corrected chi connectivity index (χ2v) is 15.7. The fourth-order valence-electron chi connectivity index (χ4n) is 1.91. The molecule has 0 unspecified atom stereocenters. The third-order valence-corrected chi connectivity index (χ3v) is 12.6. The number of hydrogen-bond donors (Lipinski definition) is 6. The number of hydrogen-bond acceptors (Lipinski definition) is 8. The van der Waals surface area contributed by atoms with Gasteiger partial charge in [0.2, 0.25) is 0 Å². The monoisotopic (exact) mass is 600 g/mol. The van der Waals surface area contributed by atoms with Crippen LogP contribution in [0.4, 0.5) is 11.4 Å². The van der Waals surface area contributed by atoms with Gasteiger partial charge in [0.05, 0.1) is 0 Å². The Kier molecular flexibility index (Phi) is 13.6. The summed E-state index contributed by atoms with van der Waals surface area (Å²) in [5.74, 6) is -1.75. The van der Waals surface area contributed by atoms with Crippen LogP contribution < -0.4 is 19.3 Å². The number of phenolic OH excluding ortho intramolecular Hbond substituents is 2. The molecular formula is C14H16As2N2Na2O8S2. The van der Waals surface area contributed by atoms with Crippen molar-refractivity contribution in [3.05, 3.63) is 36.4 Å². The summed E-state index contributed by atoms with van der Waals surface area (Å²) in [4.78, 5) is 0. The van der Waals surface area contributed by atoms with Crippen LogP contribution in [0, 0.1) is 0 Å². The van der Waals surface area contributed by atoms with Gasteiger partial charge in [0.15, 0.2) is 0 Å². The molecule has 0 bridgehead atoms. The topological polar surface area (TPSA) is 173 Å². The van der Waals surface area contributed by atoms with E-state index in [0.29, 0.717) is 0 Å². The molecule has 2 aromatic carbocycles. The van der Waals surface area contributed by atoms with Crippen LogP contribution in [0.5, 0.6) is 11.5 Å². The largest absolute Gasteiger partial charge is 0 e. The summed E-state index contributed by atoms with van der Waals surface area (Å²) in [6.07, 6.45) is 0. The van der Waals surface area contributed by atoms with E-state index in [-0.39, 0.29) is 108 Å². The normalized spacial score (nSPS) is 11.4. The van der Waals surface area contributed by atoms with Gasteiger partial charge in [-0.15, -0.1) is 0 Å². The molecule has 0 atom stereocenters. The summed E-state index contributed by atoms with van der Waals surface area (Å²) in [7, 11) is -8.46. The zero-order valence-electron chi connectivity index (χ0n) is 16.0. The Hall–Kier alpha value is 0.577. The number of benzene rings is 2. The van der Waals surface area contributed by atoms with Gasteiger partial charge >= 0.3 is 173 Å². The Morgan fingerprint density at radius 1 is 0.700 bits per heavy atom. The number of phenols is 2. The molecule has 0 saturated heterocycles. The molecule has 2 aromatic rings. The molecule has 0 aliphatic carbocycles. The number of nitrogens with one attached hydrogen (secondary N) is 2. The maximum atomic E-state index is 10.8. The predicted molar refractivity (Wildman–Crippen MR) is 119 cm³/mol. The predicted octanol–water partition coefficient (Wildman–Crippen LogP) is -1.88. The maximum Gasteiger partial charge on any atom is 0 e. The van der Waals surface area contributed by atoms with Gasteiger partial charge in [0, 0.05) is 59.1 Å². The van der Waals surface area contributed by atoms with Crippen LogP contribution in [-0.4, -0.2) is 133 Å². The molecule has 30 heavy (non-hydrogen) atoms. The quantitative estimate of drug-likeness (QED) is 0.115. The van der Waals surface area contributed by atoms with Crippen molar-refractivity contribution in [3.8, 4) is 11.5 Å². The van der Waals surface area contributed by atoms with E-state index in [4.69, 9.17) is 9.11 Å². The van der Waals surface area contributed by atoms with Crippen LogP contribution in [0.25, 0.3) is 0 Å². The first-order chi connectivity index (χ1) is 12.9. The zero-order valence-corrected chi connectivity index (χ0v) is 25.4. The molecule has 0 spiro atoms. The van der Waals surface area contributed by atoms with E-state index in [9.17, 15) is 27.0 Å². The molecule has 0 amide bonds. The first kappa shape index (κ1) is 30.6. The summed E-state index contributed by atoms with van der Waals surface area (Å²) in [5.41, 5.74) is 0.376. The van der Waals surface area contributed by atoms with E-state index in [1.54, 1.807) is 24.3 Å². The van der Waals surface area contributed by atoms with Crippen molar-refractivity contribution in [1.29, 1.82) is 0 Å². The van der Waals surface area contributed by atoms with Gasteiger partial charge in [-0.05, 0) is 0 Å². The second-order valence-electron chi connectivity index (χ2n) is 5.41. The van der Waals surface area contributed by atoms with Crippen molar-refractivity contribution in [1.82, 2.24) is 0 Å². The maximum absolute atomic E-state index is 10.8. The number of anilines is 2. The first-order valence-corrected chi connectivity index (χ1v) is 17.7. The van der Waals surface area contributed by atoms with Gasteiger partial charge in [0.1, 0.15) is 0 Å². The van der Waals surface area contributed by atoms with Gasteiger partial charge < -0.3 is 0 Å². The van der Waals surface area contributed by atoms with Gasteiger partial charge in [-0.1, -0.05) is 0 Å². The van der Waals surface area contributed by atoms with Crippen LogP contribution in [0.15, 0.2) is 36.4 Å². The van der Waals surface area contributed by atoms with Crippen LogP contribution in [0.1, 0.15) is 0 Å². The molecule has 0 saturated carbocycles. The second kappa shape index (κ2) is 13.3. The van der Waals surface area contributed by atoms with Crippen LogP contribution in [-0.2, 0) is 20.2 Å². The Morgan fingerprint density at radius 2 is 1.03 bits per heavy atom. The SMILES string of the molecule is O=S(=O)(O)CNc1cc([As]=[As]c2ccc(O)c(NCS(=O)(=O)O)c2)ccc1O.[Na].[Na]. The average molecular weight is 600 g/mol. The van der Waals surface area contributed by atoms with Crippen molar-refractivity contribution in [2.45, 2.75) is 0 Å².